The number of rotatable bonds is 6. The van der Waals surface area contributed by atoms with Crippen LogP contribution in [0.5, 0.6) is 5.75 Å². The van der Waals surface area contributed by atoms with Crippen molar-refractivity contribution in [3.8, 4) is 5.75 Å². The lowest BCUT2D eigenvalue weighted by molar-refractivity contribution is 0.0948. The number of nitrogens with one attached hydrogen (secondary N) is 1. The first-order valence-corrected chi connectivity index (χ1v) is 8.74. The van der Waals surface area contributed by atoms with Crippen molar-refractivity contribution in [1.82, 2.24) is 5.32 Å². The molecule has 1 aromatic heterocycles. The molecule has 3 nitrogen and oxygen atoms in total. The van der Waals surface area contributed by atoms with Crippen LogP contribution in [0.15, 0.2) is 36.4 Å². The third-order valence-corrected chi connectivity index (χ3v) is 4.73. The van der Waals surface area contributed by atoms with E-state index < -0.39 is 0 Å². The molecule has 2 rings (SSSR count). The van der Waals surface area contributed by atoms with E-state index in [1.54, 1.807) is 17.4 Å². The molecule has 1 aromatic carbocycles. The molecule has 0 unspecified atom stereocenters. The van der Waals surface area contributed by atoms with Gasteiger partial charge in [0.15, 0.2) is 0 Å². The minimum atomic E-state index is -0.0856. The number of hydrogen-bond donors (Lipinski definition) is 1. The van der Waals surface area contributed by atoms with Crippen molar-refractivity contribution in [2.75, 3.05) is 6.54 Å². The summed E-state index contributed by atoms with van der Waals surface area (Å²) in [5.74, 6) is 0.549. The topological polar surface area (TPSA) is 38.3 Å². The van der Waals surface area contributed by atoms with Crippen molar-refractivity contribution in [3.63, 3.8) is 0 Å². The maximum absolute atomic E-state index is 12.3. The molecule has 0 radical (unpaired) electrons. The van der Waals surface area contributed by atoms with Crippen LogP contribution in [0.2, 0.25) is 0 Å². The number of ether oxygens (including phenoxy) is 1. The Kier molecular flexibility index (Phi) is 6.05. The Hall–Kier alpha value is -1.08. The van der Waals surface area contributed by atoms with Gasteiger partial charge in [0.25, 0.3) is 5.91 Å². The van der Waals surface area contributed by atoms with Gasteiger partial charge in [-0.05, 0) is 67.1 Å². The maximum Gasteiger partial charge on any atom is 0.255 e. The minimum absolute atomic E-state index is 0.0483. The number of carbonyl (C=O) groups excluding carboxylic acids is 1. The van der Waals surface area contributed by atoms with Crippen LogP contribution in [-0.4, -0.2) is 18.6 Å². The molecule has 1 heterocycles. The second kappa shape index (κ2) is 7.79. The minimum Gasteiger partial charge on any atom is -0.490 e. The second-order valence-corrected chi connectivity index (χ2v) is 7.94. The largest absolute Gasteiger partial charge is 0.490 e. The Morgan fingerprint density at radius 2 is 2.05 bits per heavy atom. The van der Waals surface area contributed by atoms with Gasteiger partial charge in [-0.15, -0.1) is 11.3 Å². The van der Waals surface area contributed by atoms with E-state index >= 15 is 0 Å². The first kappa shape index (κ1) is 16.3. The molecule has 0 aliphatic heterocycles. The van der Waals surface area contributed by atoms with E-state index in [1.807, 2.05) is 32.0 Å². The summed E-state index contributed by atoms with van der Waals surface area (Å²) in [5, 5.41) is 2.96. The lowest BCUT2D eigenvalue weighted by Crippen LogP contribution is -2.26. The van der Waals surface area contributed by atoms with Crippen LogP contribution in [0.1, 0.15) is 29.1 Å². The van der Waals surface area contributed by atoms with Crippen LogP contribution in [-0.2, 0) is 6.42 Å². The van der Waals surface area contributed by atoms with Crippen LogP contribution in [0.25, 0.3) is 0 Å². The van der Waals surface area contributed by atoms with E-state index in [4.69, 9.17) is 4.74 Å². The molecule has 2 aromatic rings. The number of benzene rings is 1. The highest BCUT2D eigenvalue weighted by atomic mass is 127. The quantitative estimate of drug-likeness (QED) is 0.722. The van der Waals surface area contributed by atoms with E-state index in [9.17, 15) is 4.79 Å². The normalized spacial score (nSPS) is 10.7. The predicted molar refractivity (Wildman–Crippen MR) is 95.3 cm³/mol. The molecule has 0 saturated carbocycles. The molecule has 1 N–H and O–H groups in total. The fourth-order valence-corrected chi connectivity index (χ4v) is 3.65. The molecular weight excluding hydrogens is 397 g/mol. The lowest BCUT2D eigenvalue weighted by Gasteiger charge is -2.13. The number of hydrogen-bond acceptors (Lipinski definition) is 3. The van der Waals surface area contributed by atoms with Gasteiger partial charge >= 0.3 is 0 Å². The van der Waals surface area contributed by atoms with Crippen molar-refractivity contribution in [1.29, 1.82) is 0 Å². The van der Waals surface area contributed by atoms with Gasteiger partial charge in [0.1, 0.15) is 5.75 Å². The Balaban J connectivity index is 1.94. The van der Waals surface area contributed by atoms with Gasteiger partial charge in [-0.3, -0.25) is 4.79 Å². The number of thiophene rings is 1. The Morgan fingerprint density at radius 1 is 1.29 bits per heavy atom. The van der Waals surface area contributed by atoms with Crippen LogP contribution >= 0.6 is 33.9 Å². The molecule has 0 spiro atoms. The fraction of sp³-hybridized carbons (Fsp3) is 0.312. The second-order valence-electron chi connectivity index (χ2n) is 4.87. The molecule has 0 atom stereocenters. The summed E-state index contributed by atoms with van der Waals surface area (Å²) in [6.07, 6.45) is 0.902. The average Bonchev–Trinajstić information content (AvgIpc) is 2.84. The van der Waals surface area contributed by atoms with Crippen molar-refractivity contribution in [2.24, 2.45) is 0 Å². The highest BCUT2D eigenvalue weighted by Crippen LogP contribution is 2.20. The molecule has 1 amide bonds. The molecule has 0 aliphatic rings. The Bertz CT molecular complexity index is 610. The van der Waals surface area contributed by atoms with Gasteiger partial charge < -0.3 is 10.1 Å². The van der Waals surface area contributed by atoms with E-state index in [0.29, 0.717) is 17.9 Å². The van der Waals surface area contributed by atoms with E-state index in [-0.39, 0.29) is 12.0 Å². The molecule has 112 valence electrons. The monoisotopic (exact) mass is 415 g/mol. The molecule has 21 heavy (non-hydrogen) atoms. The van der Waals surface area contributed by atoms with Crippen LogP contribution in [0, 0.1) is 2.88 Å². The van der Waals surface area contributed by atoms with Crippen molar-refractivity contribution >= 4 is 39.8 Å². The third-order valence-electron chi connectivity index (χ3n) is 2.78. The van der Waals surface area contributed by atoms with Crippen molar-refractivity contribution in [3.05, 3.63) is 49.7 Å². The maximum atomic E-state index is 12.3. The third kappa shape index (κ3) is 5.00. The molecular formula is C16H18INO2S. The summed E-state index contributed by atoms with van der Waals surface area (Å²) in [6.45, 7) is 4.53. The first-order valence-electron chi connectivity index (χ1n) is 6.84. The van der Waals surface area contributed by atoms with E-state index in [2.05, 4.69) is 40.0 Å². The highest BCUT2D eigenvalue weighted by molar-refractivity contribution is 14.1. The fourth-order valence-electron chi connectivity index (χ4n) is 1.89. The summed E-state index contributed by atoms with van der Waals surface area (Å²) in [4.78, 5) is 13.5. The SMILES string of the molecule is CC(C)Oc1ccccc1C(=O)NCCc1ccc(I)s1. The molecule has 0 saturated heterocycles. The summed E-state index contributed by atoms with van der Waals surface area (Å²) in [5.41, 5.74) is 0.590. The standard InChI is InChI=1S/C16H18INO2S/c1-11(2)20-14-6-4-3-5-13(14)16(19)18-10-9-12-7-8-15(17)21-12/h3-8,11H,9-10H2,1-2H3,(H,18,19). The van der Waals surface area contributed by atoms with Crippen molar-refractivity contribution in [2.45, 2.75) is 26.4 Å². The smallest absolute Gasteiger partial charge is 0.255 e. The number of carbonyl (C=O) groups is 1. The average molecular weight is 415 g/mol. The van der Waals surface area contributed by atoms with Gasteiger partial charge in [0.2, 0.25) is 0 Å². The van der Waals surface area contributed by atoms with Crippen molar-refractivity contribution < 1.29 is 9.53 Å². The van der Waals surface area contributed by atoms with Gasteiger partial charge in [0, 0.05) is 11.4 Å². The number of amides is 1. The molecule has 5 heteroatoms. The Labute approximate surface area is 142 Å². The zero-order valence-electron chi connectivity index (χ0n) is 12.1. The summed E-state index contributed by atoms with van der Waals surface area (Å²) >= 11 is 4.06. The van der Waals surface area contributed by atoms with Gasteiger partial charge in [-0.25, -0.2) is 0 Å². The molecule has 0 fully saturated rings. The zero-order valence-corrected chi connectivity index (χ0v) is 15.0. The Morgan fingerprint density at radius 3 is 2.71 bits per heavy atom. The van der Waals surface area contributed by atoms with Gasteiger partial charge in [-0.1, -0.05) is 12.1 Å². The highest BCUT2D eigenvalue weighted by Gasteiger charge is 2.12. The first-order chi connectivity index (χ1) is 10.1. The summed E-state index contributed by atoms with van der Waals surface area (Å²) in [6, 6.07) is 11.5. The number of halogens is 1. The summed E-state index contributed by atoms with van der Waals surface area (Å²) in [7, 11) is 0. The van der Waals surface area contributed by atoms with E-state index in [0.717, 1.165) is 6.42 Å². The summed E-state index contributed by atoms with van der Waals surface area (Å²) < 4.78 is 6.94. The van der Waals surface area contributed by atoms with Crippen LogP contribution in [0.3, 0.4) is 0 Å². The molecule has 0 bridgehead atoms. The van der Waals surface area contributed by atoms with Crippen LogP contribution < -0.4 is 10.1 Å². The van der Waals surface area contributed by atoms with Crippen LogP contribution in [0.4, 0.5) is 0 Å². The van der Waals surface area contributed by atoms with Gasteiger partial charge in [0.05, 0.1) is 14.6 Å². The number of para-hydroxylation sites is 1. The predicted octanol–water partition coefficient (Wildman–Crippen LogP) is 4.11. The van der Waals surface area contributed by atoms with Gasteiger partial charge in [-0.2, -0.15) is 0 Å². The lowest BCUT2D eigenvalue weighted by atomic mass is 10.2. The molecule has 0 aliphatic carbocycles. The van der Waals surface area contributed by atoms with E-state index in [1.165, 1.54) is 7.76 Å². The zero-order chi connectivity index (χ0) is 15.2.